The fraction of sp³-hybridized carbons (Fsp3) is 0.353. The topological polar surface area (TPSA) is 41.1 Å². The zero-order valence-electron chi connectivity index (χ0n) is 12.2. The van der Waals surface area contributed by atoms with E-state index in [9.17, 15) is 4.79 Å². The first kappa shape index (κ1) is 14.1. The number of nitrogens with one attached hydrogen (secondary N) is 2. The maximum absolute atomic E-state index is 12.5. The van der Waals surface area contributed by atoms with Gasteiger partial charge in [-0.1, -0.05) is 25.5 Å². The number of carbonyl (C=O) groups is 1. The molecule has 3 nitrogen and oxygen atoms in total. The summed E-state index contributed by atoms with van der Waals surface area (Å²) >= 11 is 1.70. The Morgan fingerprint density at radius 1 is 1.43 bits per heavy atom. The van der Waals surface area contributed by atoms with Gasteiger partial charge in [0, 0.05) is 22.7 Å². The highest BCUT2D eigenvalue weighted by Crippen LogP contribution is 2.26. The second-order valence-electron chi connectivity index (χ2n) is 5.38. The average molecular weight is 300 g/mol. The largest absolute Gasteiger partial charge is 0.384 e. The first-order valence-corrected chi connectivity index (χ1v) is 8.37. The number of hydrogen-bond donors (Lipinski definition) is 2. The molecule has 110 valence electrons. The molecule has 1 atom stereocenters. The normalized spacial score (nSPS) is 14.3. The van der Waals surface area contributed by atoms with Crippen molar-refractivity contribution in [3.05, 3.63) is 51.7 Å². The number of carbonyl (C=O) groups excluding carboxylic acids is 1. The summed E-state index contributed by atoms with van der Waals surface area (Å²) in [4.78, 5) is 13.7. The third-order valence-electron chi connectivity index (χ3n) is 3.85. The molecule has 0 saturated heterocycles. The first-order chi connectivity index (χ1) is 10.3. The highest BCUT2D eigenvalue weighted by atomic mass is 32.1. The van der Waals surface area contributed by atoms with Crippen molar-refractivity contribution in [2.75, 3.05) is 11.9 Å². The fourth-order valence-corrected chi connectivity index (χ4v) is 3.55. The van der Waals surface area contributed by atoms with Crippen molar-refractivity contribution in [2.24, 2.45) is 0 Å². The van der Waals surface area contributed by atoms with Crippen LogP contribution in [0.25, 0.3) is 0 Å². The molecule has 21 heavy (non-hydrogen) atoms. The van der Waals surface area contributed by atoms with E-state index >= 15 is 0 Å². The van der Waals surface area contributed by atoms with Gasteiger partial charge >= 0.3 is 0 Å². The minimum Gasteiger partial charge on any atom is -0.384 e. The summed E-state index contributed by atoms with van der Waals surface area (Å²) in [6, 6.07) is 10.2. The predicted octanol–water partition coefficient (Wildman–Crippen LogP) is 3.99. The first-order valence-electron chi connectivity index (χ1n) is 7.49. The van der Waals surface area contributed by atoms with Crippen molar-refractivity contribution in [3.63, 3.8) is 0 Å². The molecule has 0 saturated carbocycles. The standard InChI is InChI=1S/C17H20N2OS/c1-2-4-14(16-5-3-10-21-16)19-17(20)13-7-6-12-8-9-18-15(12)11-13/h3,5-7,10-11,14,18H,2,4,8-9H2,1H3,(H,19,20). The molecule has 2 N–H and O–H groups in total. The predicted molar refractivity (Wildman–Crippen MR) is 88.1 cm³/mol. The maximum Gasteiger partial charge on any atom is 0.251 e. The van der Waals surface area contributed by atoms with Crippen LogP contribution in [-0.4, -0.2) is 12.5 Å². The zero-order valence-corrected chi connectivity index (χ0v) is 13.0. The number of amides is 1. The van der Waals surface area contributed by atoms with Crippen LogP contribution in [0.2, 0.25) is 0 Å². The van der Waals surface area contributed by atoms with Gasteiger partial charge in [-0.15, -0.1) is 11.3 Å². The van der Waals surface area contributed by atoms with E-state index in [1.54, 1.807) is 11.3 Å². The molecule has 0 radical (unpaired) electrons. The molecular formula is C17H20N2OS. The van der Waals surface area contributed by atoms with Gasteiger partial charge in [-0.05, 0) is 42.0 Å². The van der Waals surface area contributed by atoms with Crippen LogP contribution in [0.4, 0.5) is 5.69 Å². The Bertz CT molecular complexity index is 622. The molecule has 1 aromatic heterocycles. The molecule has 1 amide bonds. The Hall–Kier alpha value is -1.81. The van der Waals surface area contributed by atoms with Gasteiger partial charge in [-0.2, -0.15) is 0 Å². The molecule has 0 spiro atoms. The van der Waals surface area contributed by atoms with E-state index in [1.165, 1.54) is 10.4 Å². The highest BCUT2D eigenvalue weighted by molar-refractivity contribution is 7.10. The quantitative estimate of drug-likeness (QED) is 0.876. The molecule has 0 bridgehead atoms. The second kappa shape index (κ2) is 6.31. The Morgan fingerprint density at radius 2 is 2.33 bits per heavy atom. The molecule has 1 unspecified atom stereocenters. The van der Waals surface area contributed by atoms with Crippen molar-refractivity contribution in [2.45, 2.75) is 32.2 Å². The minimum absolute atomic E-state index is 0.0124. The van der Waals surface area contributed by atoms with E-state index in [0.29, 0.717) is 0 Å². The van der Waals surface area contributed by atoms with E-state index in [0.717, 1.165) is 37.1 Å². The third kappa shape index (κ3) is 3.10. The summed E-state index contributed by atoms with van der Waals surface area (Å²) in [5.74, 6) is 0.0124. The van der Waals surface area contributed by atoms with Gasteiger partial charge in [0.15, 0.2) is 0 Å². The lowest BCUT2D eigenvalue weighted by atomic mass is 10.1. The molecule has 2 heterocycles. The molecule has 1 aliphatic rings. The van der Waals surface area contributed by atoms with Gasteiger partial charge in [0.05, 0.1) is 6.04 Å². The van der Waals surface area contributed by atoms with Gasteiger partial charge in [-0.25, -0.2) is 0 Å². The van der Waals surface area contributed by atoms with Crippen LogP contribution in [0, 0.1) is 0 Å². The van der Waals surface area contributed by atoms with Crippen LogP contribution >= 0.6 is 11.3 Å². The van der Waals surface area contributed by atoms with E-state index < -0.39 is 0 Å². The highest BCUT2D eigenvalue weighted by Gasteiger charge is 2.18. The molecule has 2 aromatic rings. The van der Waals surface area contributed by atoms with Gasteiger partial charge in [0.1, 0.15) is 0 Å². The number of thiophene rings is 1. The Morgan fingerprint density at radius 3 is 3.10 bits per heavy atom. The molecule has 3 rings (SSSR count). The fourth-order valence-electron chi connectivity index (χ4n) is 2.74. The monoisotopic (exact) mass is 300 g/mol. The summed E-state index contributed by atoms with van der Waals surface area (Å²) in [5.41, 5.74) is 3.14. The Kier molecular flexibility index (Phi) is 4.25. The van der Waals surface area contributed by atoms with Crippen molar-refractivity contribution in [1.29, 1.82) is 0 Å². The zero-order chi connectivity index (χ0) is 14.7. The Balaban J connectivity index is 1.75. The summed E-state index contributed by atoms with van der Waals surface area (Å²) in [6.07, 6.45) is 3.06. The van der Waals surface area contributed by atoms with Gasteiger partial charge in [-0.3, -0.25) is 4.79 Å². The smallest absolute Gasteiger partial charge is 0.251 e. The van der Waals surface area contributed by atoms with Crippen LogP contribution in [0.5, 0.6) is 0 Å². The third-order valence-corrected chi connectivity index (χ3v) is 4.84. The van der Waals surface area contributed by atoms with Crippen molar-refractivity contribution >= 4 is 22.9 Å². The number of fused-ring (bicyclic) bond motifs is 1. The van der Waals surface area contributed by atoms with E-state index in [1.807, 2.05) is 18.2 Å². The second-order valence-corrected chi connectivity index (χ2v) is 6.36. The molecule has 4 heteroatoms. The van der Waals surface area contributed by atoms with Crippen LogP contribution in [0.3, 0.4) is 0 Å². The van der Waals surface area contributed by atoms with E-state index in [4.69, 9.17) is 0 Å². The van der Waals surface area contributed by atoms with Gasteiger partial charge in [0.25, 0.3) is 5.91 Å². The summed E-state index contributed by atoms with van der Waals surface area (Å²) < 4.78 is 0. The molecule has 0 aliphatic carbocycles. The molecule has 0 fully saturated rings. The summed E-state index contributed by atoms with van der Waals surface area (Å²) in [5, 5.41) is 8.55. The Labute approximate surface area is 129 Å². The number of benzene rings is 1. The lowest BCUT2D eigenvalue weighted by molar-refractivity contribution is 0.0935. The number of rotatable bonds is 5. The summed E-state index contributed by atoms with van der Waals surface area (Å²) in [6.45, 7) is 3.11. The SMILES string of the molecule is CCCC(NC(=O)c1ccc2c(c1)NCC2)c1cccs1. The van der Waals surface area contributed by atoms with Crippen molar-refractivity contribution in [3.8, 4) is 0 Å². The van der Waals surface area contributed by atoms with Crippen LogP contribution in [0.1, 0.15) is 46.6 Å². The number of hydrogen-bond acceptors (Lipinski definition) is 3. The van der Waals surface area contributed by atoms with Crippen molar-refractivity contribution < 1.29 is 4.79 Å². The van der Waals surface area contributed by atoms with Gasteiger partial charge in [0.2, 0.25) is 0 Å². The lowest BCUT2D eigenvalue weighted by Crippen LogP contribution is -2.28. The average Bonchev–Trinajstić information content (AvgIpc) is 3.17. The molecule has 1 aromatic carbocycles. The van der Waals surface area contributed by atoms with Crippen molar-refractivity contribution in [1.82, 2.24) is 5.32 Å². The minimum atomic E-state index is 0.0124. The number of anilines is 1. The molecular weight excluding hydrogens is 280 g/mol. The lowest BCUT2D eigenvalue weighted by Gasteiger charge is -2.17. The van der Waals surface area contributed by atoms with Crippen LogP contribution in [-0.2, 0) is 6.42 Å². The maximum atomic E-state index is 12.5. The summed E-state index contributed by atoms with van der Waals surface area (Å²) in [7, 11) is 0. The molecule has 1 aliphatic heterocycles. The van der Waals surface area contributed by atoms with Gasteiger partial charge < -0.3 is 10.6 Å². The van der Waals surface area contributed by atoms with E-state index in [2.05, 4.69) is 35.1 Å². The van der Waals surface area contributed by atoms with E-state index in [-0.39, 0.29) is 11.9 Å². The van der Waals surface area contributed by atoms with Crippen LogP contribution in [0.15, 0.2) is 35.7 Å². The van der Waals surface area contributed by atoms with Crippen LogP contribution < -0.4 is 10.6 Å².